The second-order valence-electron chi connectivity index (χ2n) is 6.23. The van der Waals surface area contributed by atoms with Crippen molar-refractivity contribution in [2.24, 2.45) is 7.05 Å². The molecule has 3 heterocycles. The molecule has 0 saturated heterocycles. The van der Waals surface area contributed by atoms with Crippen molar-refractivity contribution in [3.63, 3.8) is 0 Å². The van der Waals surface area contributed by atoms with Crippen LogP contribution in [0.2, 0.25) is 5.02 Å². The monoisotopic (exact) mass is 412 g/mol. The summed E-state index contributed by atoms with van der Waals surface area (Å²) in [7, 11) is 2.02. The van der Waals surface area contributed by atoms with Crippen LogP contribution in [-0.2, 0) is 13.5 Å². The van der Waals surface area contributed by atoms with Gasteiger partial charge in [0.1, 0.15) is 11.3 Å². The van der Waals surface area contributed by atoms with Gasteiger partial charge in [0.25, 0.3) is 5.91 Å². The Morgan fingerprint density at radius 2 is 2.18 bits per heavy atom. The predicted octanol–water partition coefficient (Wildman–Crippen LogP) is 3.99. The molecule has 1 aromatic carbocycles. The van der Waals surface area contributed by atoms with Crippen molar-refractivity contribution < 1.29 is 4.79 Å². The third-order valence-electron chi connectivity index (χ3n) is 4.34. The van der Waals surface area contributed by atoms with Crippen molar-refractivity contribution in [3.8, 4) is 0 Å². The van der Waals surface area contributed by atoms with Crippen LogP contribution in [0.3, 0.4) is 0 Å². The number of rotatable bonds is 6. The molecule has 4 rings (SSSR count). The van der Waals surface area contributed by atoms with E-state index in [0.717, 1.165) is 29.3 Å². The molecule has 0 aliphatic heterocycles. The molecule has 0 aliphatic carbocycles. The molecule has 0 bridgehead atoms. The maximum atomic E-state index is 12.1. The van der Waals surface area contributed by atoms with Gasteiger partial charge in [-0.25, -0.2) is 4.98 Å². The van der Waals surface area contributed by atoms with Gasteiger partial charge in [0.15, 0.2) is 0 Å². The van der Waals surface area contributed by atoms with Gasteiger partial charge in [-0.1, -0.05) is 29.0 Å². The van der Waals surface area contributed by atoms with E-state index >= 15 is 0 Å². The van der Waals surface area contributed by atoms with Gasteiger partial charge in [-0.05, 0) is 36.2 Å². The summed E-state index contributed by atoms with van der Waals surface area (Å²) in [5.74, 6) is 0.459. The molecule has 0 atom stereocenters. The van der Waals surface area contributed by atoms with E-state index in [1.54, 1.807) is 23.8 Å². The van der Waals surface area contributed by atoms with Crippen LogP contribution in [0.1, 0.15) is 15.9 Å². The number of hydrogen-bond donors (Lipinski definition) is 2. The number of aromatic nitrogens is 4. The fourth-order valence-corrected chi connectivity index (χ4v) is 3.60. The molecule has 1 amide bonds. The Morgan fingerprint density at radius 3 is 2.93 bits per heavy atom. The molecular formula is C19H17ClN6OS. The first-order chi connectivity index (χ1) is 13.6. The highest BCUT2D eigenvalue weighted by atomic mass is 35.5. The van der Waals surface area contributed by atoms with Crippen molar-refractivity contribution in [3.05, 3.63) is 64.4 Å². The topological polar surface area (TPSA) is 84.7 Å². The molecule has 9 heteroatoms. The molecule has 0 spiro atoms. The van der Waals surface area contributed by atoms with Gasteiger partial charge < -0.3 is 9.88 Å². The van der Waals surface area contributed by atoms with Crippen LogP contribution in [0.5, 0.6) is 0 Å². The van der Waals surface area contributed by atoms with E-state index in [2.05, 4.69) is 42.6 Å². The van der Waals surface area contributed by atoms with Gasteiger partial charge in [0.2, 0.25) is 5.13 Å². The number of anilines is 2. The second kappa shape index (κ2) is 7.95. The highest BCUT2D eigenvalue weighted by molar-refractivity contribution is 7.13. The van der Waals surface area contributed by atoms with Gasteiger partial charge in [0.05, 0.1) is 5.56 Å². The Morgan fingerprint density at radius 1 is 1.29 bits per heavy atom. The molecule has 0 radical (unpaired) electrons. The molecule has 0 unspecified atom stereocenters. The fourth-order valence-electron chi connectivity index (χ4n) is 3.00. The number of pyridine rings is 1. The van der Waals surface area contributed by atoms with E-state index in [1.807, 2.05) is 19.2 Å². The lowest BCUT2D eigenvalue weighted by Gasteiger charge is -2.06. The van der Waals surface area contributed by atoms with Crippen LogP contribution in [0.25, 0.3) is 10.9 Å². The minimum absolute atomic E-state index is 0.259. The number of aryl methyl sites for hydroxylation is 1. The van der Waals surface area contributed by atoms with E-state index in [0.29, 0.717) is 10.7 Å². The molecule has 0 saturated carbocycles. The summed E-state index contributed by atoms with van der Waals surface area (Å²) >= 11 is 7.36. The first kappa shape index (κ1) is 18.4. The molecular weight excluding hydrogens is 396 g/mol. The van der Waals surface area contributed by atoms with Crippen LogP contribution in [-0.4, -0.2) is 32.2 Å². The standard InChI is InChI=1S/C19H17ClN6OS/c1-26-10-13(15-4-3-14(20)8-16(15)26)6-7-21-17-5-2-12(9-22-17)18(27)24-19-25-23-11-28-19/h2-5,8-11H,6-7H2,1H3,(H,21,22)(H,24,25,27). The lowest BCUT2D eigenvalue weighted by Crippen LogP contribution is -2.13. The van der Waals surface area contributed by atoms with Crippen molar-refractivity contribution >= 4 is 50.7 Å². The average molecular weight is 413 g/mol. The lowest BCUT2D eigenvalue weighted by atomic mass is 10.1. The smallest absolute Gasteiger partial charge is 0.259 e. The number of fused-ring (bicyclic) bond motifs is 1. The zero-order valence-corrected chi connectivity index (χ0v) is 16.6. The van der Waals surface area contributed by atoms with E-state index in [9.17, 15) is 4.79 Å². The van der Waals surface area contributed by atoms with E-state index in [-0.39, 0.29) is 5.91 Å². The summed E-state index contributed by atoms with van der Waals surface area (Å²) in [6, 6.07) is 9.45. The molecule has 0 fully saturated rings. The van der Waals surface area contributed by atoms with Crippen LogP contribution < -0.4 is 10.6 Å². The normalized spacial score (nSPS) is 10.9. The van der Waals surface area contributed by atoms with Gasteiger partial charge in [-0.15, -0.1) is 10.2 Å². The molecule has 0 aliphatic rings. The van der Waals surface area contributed by atoms with Gasteiger partial charge in [-0.2, -0.15) is 0 Å². The Hall–Kier alpha value is -2.97. The Kier molecular flexibility index (Phi) is 5.23. The summed E-state index contributed by atoms with van der Waals surface area (Å²) in [5.41, 5.74) is 4.39. The Bertz CT molecular complexity index is 1110. The van der Waals surface area contributed by atoms with Gasteiger partial charge >= 0.3 is 0 Å². The Balaban J connectivity index is 1.36. The van der Waals surface area contributed by atoms with E-state index in [1.165, 1.54) is 22.3 Å². The summed E-state index contributed by atoms with van der Waals surface area (Å²) < 4.78 is 2.08. The third-order valence-corrected chi connectivity index (χ3v) is 5.18. The minimum atomic E-state index is -0.259. The number of carbonyl (C=O) groups excluding carboxylic acids is 1. The number of halogens is 1. The lowest BCUT2D eigenvalue weighted by molar-refractivity contribution is 0.102. The van der Waals surface area contributed by atoms with E-state index in [4.69, 9.17) is 11.6 Å². The molecule has 28 heavy (non-hydrogen) atoms. The average Bonchev–Trinajstić information content (AvgIpc) is 3.30. The van der Waals surface area contributed by atoms with E-state index < -0.39 is 0 Å². The molecule has 2 N–H and O–H groups in total. The first-order valence-electron chi connectivity index (χ1n) is 8.61. The van der Waals surface area contributed by atoms with Gasteiger partial charge in [0, 0.05) is 41.9 Å². The second-order valence-corrected chi connectivity index (χ2v) is 7.50. The Labute approximate surface area is 170 Å². The number of nitrogens with one attached hydrogen (secondary N) is 2. The van der Waals surface area contributed by atoms with Crippen LogP contribution >= 0.6 is 22.9 Å². The summed E-state index contributed by atoms with van der Waals surface area (Å²) in [5, 5.41) is 15.8. The highest BCUT2D eigenvalue weighted by Gasteiger charge is 2.09. The summed E-state index contributed by atoms with van der Waals surface area (Å²) in [4.78, 5) is 16.4. The van der Waals surface area contributed by atoms with Crippen LogP contribution in [0.15, 0.2) is 48.2 Å². The van der Waals surface area contributed by atoms with Crippen molar-refractivity contribution in [1.82, 2.24) is 19.7 Å². The summed E-state index contributed by atoms with van der Waals surface area (Å²) in [6.45, 7) is 0.727. The maximum absolute atomic E-state index is 12.1. The number of hydrogen-bond acceptors (Lipinski definition) is 6. The van der Waals surface area contributed by atoms with Crippen LogP contribution in [0, 0.1) is 0 Å². The minimum Gasteiger partial charge on any atom is -0.370 e. The van der Waals surface area contributed by atoms with Gasteiger partial charge in [-0.3, -0.25) is 10.1 Å². The number of carbonyl (C=O) groups is 1. The largest absolute Gasteiger partial charge is 0.370 e. The highest BCUT2D eigenvalue weighted by Crippen LogP contribution is 2.24. The zero-order valence-electron chi connectivity index (χ0n) is 15.0. The maximum Gasteiger partial charge on any atom is 0.259 e. The van der Waals surface area contributed by atoms with Crippen molar-refractivity contribution in [1.29, 1.82) is 0 Å². The fraction of sp³-hybridized carbons (Fsp3) is 0.158. The zero-order chi connectivity index (χ0) is 19.5. The SMILES string of the molecule is Cn1cc(CCNc2ccc(C(=O)Nc3nncs3)cn2)c2ccc(Cl)cc21. The summed E-state index contributed by atoms with van der Waals surface area (Å²) in [6.07, 6.45) is 4.51. The quantitative estimate of drug-likeness (QED) is 0.500. The van der Waals surface area contributed by atoms with Crippen LogP contribution in [0.4, 0.5) is 10.9 Å². The molecule has 3 aromatic heterocycles. The third kappa shape index (κ3) is 3.97. The number of benzene rings is 1. The predicted molar refractivity (Wildman–Crippen MR) is 112 cm³/mol. The number of nitrogens with zero attached hydrogens (tertiary/aromatic N) is 4. The molecule has 7 nitrogen and oxygen atoms in total. The molecule has 142 valence electrons. The molecule has 4 aromatic rings. The number of amides is 1. The van der Waals surface area contributed by atoms with Crippen molar-refractivity contribution in [2.45, 2.75) is 6.42 Å². The van der Waals surface area contributed by atoms with Crippen molar-refractivity contribution in [2.75, 3.05) is 17.2 Å². The first-order valence-corrected chi connectivity index (χ1v) is 9.87.